The first-order valence-electron chi connectivity index (χ1n) is 5.60. The summed E-state index contributed by atoms with van der Waals surface area (Å²) in [5.41, 5.74) is 0.751. The van der Waals surface area contributed by atoms with E-state index in [1.165, 1.54) is 18.2 Å². The van der Waals surface area contributed by atoms with Gasteiger partial charge in [0.05, 0.1) is 11.5 Å². The highest BCUT2D eigenvalue weighted by Gasteiger charge is 2.15. The number of hydrogen-bond acceptors (Lipinski definition) is 3. The van der Waals surface area contributed by atoms with Crippen molar-refractivity contribution in [3.05, 3.63) is 58.1 Å². The zero-order chi connectivity index (χ0) is 14.8. The van der Waals surface area contributed by atoms with E-state index in [1.54, 1.807) is 24.3 Å². The van der Waals surface area contributed by atoms with Crippen LogP contribution in [0.5, 0.6) is 0 Å². The topological polar surface area (TPSA) is 66.4 Å². The summed E-state index contributed by atoms with van der Waals surface area (Å²) in [7, 11) is -3.74. The second-order valence-corrected chi connectivity index (χ2v) is 6.55. The van der Waals surface area contributed by atoms with Gasteiger partial charge in [0.2, 0.25) is 0 Å². The van der Waals surface area contributed by atoms with E-state index >= 15 is 0 Å². The van der Waals surface area contributed by atoms with Crippen molar-refractivity contribution in [2.24, 2.45) is 0 Å². The molecular formula is C13H11Cl2NO3S. The van der Waals surface area contributed by atoms with Crippen molar-refractivity contribution in [1.82, 2.24) is 0 Å². The number of halogens is 2. The quantitative estimate of drug-likeness (QED) is 0.903. The van der Waals surface area contributed by atoms with Crippen LogP contribution in [0, 0.1) is 0 Å². The van der Waals surface area contributed by atoms with E-state index in [2.05, 4.69) is 4.72 Å². The van der Waals surface area contributed by atoms with Gasteiger partial charge in [0.15, 0.2) is 0 Å². The van der Waals surface area contributed by atoms with Crippen LogP contribution in [-0.2, 0) is 16.6 Å². The van der Waals surface area contributed by atoms with Crippen LogP contribution in [-0.4, -0.2) is 13.5 Å². The maximum atomic E-state index is 12.2. The van der Waals surface area contributed by atoms with Gasteiger partial charge in [-0.15, -0.1) is 0 Å². The van der Waals surface area contributed by atoms with Crippen molar-refractivity contribution < 1.29 is 13.5 Å². The second-order valence-electron chi connectivity index (χ2n) is 4.02. The van der Waals surface area contributed by atoms with Crippen LogP contribution in [0.3, 0.4) is 0 Å². The van der Waals surface area contributed by atoms with Crippen molar-refractivity contribution in [2.75, 3.05) is 4.72 Å². The zero-order valence-electron chi connectivity index (χ0n) is 10.2. The molecule has 2 aromatic rings. The monoisotopic (exact) mass is 331 g/mol. The summed E-state index contributed by atoms with van der Waals surface area (Å²) >= 11 is 11.6. The van der Waals surface area contributed by atoms with Crippen molar-refractivity contribution in [1.29, 1.82) is 0 Å². The Hall–Kier alpha value is -1.27. The molecule has 106 valence electrons. The molecule has 0 aliphatic rings. The molecule has 2 rings (SSSR count). The van der Waals surface area contributed by atoms with Gasteiger partial charge in [-0.1, -0.05) is 23.2 Å². The van der Waals surface area contributed by atoms with Gasteiger partial charge in [-0.3, -0.25) is 4.72 Å². The summed E-state index contributed by atoms with van der Waals surface area (Å²) < 4.78 is 26.8. The molecule has 0 unspecified atom stereocenters. The summed E-state index contributed by atoms with van der Waals surface area (Å²) in [6, 6.07) is 10.4. The van der Waals surface area contributed by atoms with Crippen molar-refractivity contribution >= 4 is 38.9 Å². The van der Waals surface area contributed by atoms with E-state index in [9.17, 15) is 8.42 Å². The largest absolute Gasteiger partial charge is 0.392 e. The molecule has 0 aliphatic carbocycles. The molecule has 7 heteroatoms. The van der Waals surface area contributed by atoms with Crippen molar-refractivity contribution in [3.63, 3.8) is 0 Å². The van der Waals surface area contributed by atoms with E-state index in [1.807, 2.05) is 0 Å². The van der Waals surface area contributed by atoms with Gasteiger partial charge in [-0.25, -0.2) is 8.42 Å². The van der Waals surface area contributed by atoms with Gasteiger partial charge in [0, 0.05) is 15.7 Å². The Morgan fingerprint density at radius 3 is 2.30 bits per heavy atom. The van der Waals surface area contributed by atoms with Gasteiger partial charge < -0.3 is 5.11 Å². The molecule has 0 aromatic heterocycles. The third-order valence-electron chi connectivity index (χ3n) is 2.59. The van der Waals surface area contributed by atoms with E-state index in [0.717, 1.165) is 0 Å². The number of hydrogen-bond donors (Lipinski definition) is 2. The molecule has 0 heterocycles. The first kappa shape index (κ1) is 15.1. The lowest BCUT2D eigenvalue weighted by molar-refractivity contribution is 0.281. The van der Waals surface area contributed by atoms with Gasteiger partial charge >= 0.3 is 0 Å². The molecule has 0 spiro atoms. The fourth-order valence-electron chi connectivity index (χ4n) is 1.57. The standard InChI is InChI=1S/C13H11Cl2NO3S/c14-10-1-3-11(4-2-10)16-20(18,19)12-5-6-13(15)9(7-12)8-17/h1-7,16-17H,8H2. The Balaban J connectivity index is 2.33. The Bertz CT molecular complexity index is 715. The smallest absolute Gasteiger partial charge is 0.261 e. The van der Waals surface area contributed by atoms with Crippen LogP contribution in [0.1, 0.15) is 5.56 Å². The maximum absolute atomic E-state index is 12.2. The summed E-state index contributed by atoms with van der Waals surface area (Å²) in [6.07, 6.45) is 0. The summed E-state index contributed by atoms with van der Waals surface area (Å²) in [4.78, 5) is 0.0286. The molecule has 0 saturated heterocycles. The van der Waals surface area contributed by atoms with Crippen LogP contribution < -0.4 is 4.72 Å². The van der Waals surface area contributed by atoms with E-state index in [4.69, 9.17) is 28.3 Å². The Labute approximate surface area is 127 Å². The van der Waals surface area contributed by atoms with Gasteiger partial charge in [0.1, 0.15) is 0 Å². The number of aliphatic hydroxyl groups excluding tert-OH is 1. The average Bonchev–Trinajstić information content (AvgIpc) is 2.41. The highest BCUT2D eigenvalue weighted by Crippen LogP contribution is 2.23. The Morgan fingerprint density at radius 1 is 1.05 bits per heavy atom. The molecule has 0 saturated carbocycles. The predicted molar refractivity (Wildman–Crippen MR) is 79.6 cm³/mol. The molecule has 0 amide bonds. The van der Waals surface area contributed by atoms with Gasteiger partial charge in [0.25, 0.3) is 10.0 Å². The van der Waals surface area contributed by atoms with Crippen LogP contribution in [0.25, 0.3) is 0 Å². The minimum absolute atomic E-state index is 0.0286. The third kappa shape index (κ3) is 3.43. The average molecular weight is 332 g/mol. The summed E-state index contributed by atoms with van der Waals surface area (Å²) in [5, 5.41) is 9.95. The normalized spacial score (nSPS) is 11.3. The minimum atomic E-state index is -3.74. The molecular weight excluding hydrogens is 321 g/mol. The molecule has 4 nitrogen and oxygen atoms in total. The number of anilines is 1. The van der Waals surface area contributed by atoms with Crippen LogP contribution in [0.15, 0.2) is 47.4 Å². The summed E-state index contributed by atoms with van der Waals surface area (Å²) in [6.45, 7) is -0.330. The molecule has 2 N–H and O–H groups in total. The number of nitrogens with one attached hydrogen (secondary N) is 1. The molecule has 0 radical (unpaired) electrons. The van der Waals surface area contributed by atoms with E-state index in [-0.39, 0.29) is 11.5 Å². The van der Waals surface area contributed by atoms with E-state index in [0.29, 0.717) is 21.3 Å². The van der Waals surface area contributed by atoms with Crippen LogP contribution in [0.2, 0.25) is 10.0 Å². The molecule has 0 atom stereocenters. The van der Waals surface area contributed by atoms with Crippen molar-refractivity contribution in [3.8, 4) is 0 Å². The zero-order valence-corrected chi connectivity index (χ0v) is 12.5. The first-order valence-corrected chi connectivity index (χ1v) is 7.84. The first-order chi connectivity index (χ1) is 9.42. The molecule has 20 heavy (non-hydrogen) atoms. The number of benzene rings is 2. The van der Waals surface area contributed by atoms with Gasteiger partial charge in [-0.2, -0.15) is 0 Å². The van der Waals surface area contributed by atoms with Crippen molar-refractivity contribution in [2.45, 2.75) is 11.5 Å². The number of aliphatic hydroxyl groups is 1. The Kier molecular flexibility index (Phi) is 4.55. The lowest BCUT2D eigenvalue weighted by Gasteiger charge is -2.10. The summed E-state index contributed by atoms with van der Waals surface area (Å²) in [5.74, 6) is 0. The third-order valence-corrected chi connectivity index (χ3v) is 4.59. The molecule has 0 bridgehead atoms. The number of sulfonamides is 1. The highest BCUT2D eigenvalue weighted by atomic mass is 35.5. The maximum Gasteiger partial charge on any atom is 0.261 e. The van der Waals surface area contributed by atoms with Gasteiger partial charge in [-0.05, 0) is 48.0 Å². The van der Waals surface area contributed by atoms with Crippen LogP contribution in [0.4, 0.5) is 5.69 Å². The SMILES string of the molecule is O=S(=O)(Nc1ccc(Cl)cc1)c1ccc(Cl)c(CO)c1. The molecule has 0 aliphatic heterocycles. The minimum Gasteiger partial charge on any atom is -0.392 e. The lowest BCUT2D eigenvalue weighted by Crippen LogP contribution is -2.13. The molecule has 2 aromatic carbocycles. The Morgan fingerprint density at radius 2 is 1.70 bits per heavy atom. The van der Waals surface area contributed by atoms with E-state index < -0.39 is 10.0 Å². The number of rotatable bonds is 4. The highest BCUT2D eigenvalue weighted by molar-refractivity contribution is 7.92. The second kappa shape index (κ2) is 6.01. The fourth-order valence-corrected chi connectivity index (χ4v) is 2.98. The fraction of sp³-hybridized carbons (Fsp3) is 0.0769. The molecule has 0 fully saturated rings. The van der Waals surface area contributed by atoms with Crippen LogP contribution >= 0.6 is 23.2 Å². The predicted octanol–water partition coefficient (Wildman–Crippen LogP) is 3.29. The lowest BCUT2D eigenvalue weighted by atomic mass is 10.2.